The monoisotopic (exact) mass is 449 g/mol. The van der Waals surface area contributed by atoms with Gasteiger partial charge in [-0.2, -0.15) is 0 Å². The molecule has 2 unspecified atom stereocenters. The Hall–Kier alpha value is -1.81. The number of aliphatic hydroxyl groups is 1. The van der Waals surface area contributed by atoms with Crippen molar-refractivity contribution in [3.05, 3.63) is 94.0 Å². The summed E-state index contributed by atoms with van der Waals surface area (Å²) in [7, 11) is 0.106. The highest BCUT2D eigenvalue weighted by Crippen LogP contribution is 2.59. The van der Waals surface area contributed by atoms with E-state index in [1.54, 1.807) is 24.3 Å². The lowest BCUT2D eigenvalue weighted by atomic mass is 10.2. The van der Waals surface area contributed by atoms with Crippen molar-refractivity contribution in [2.24, 2.45) is 0 Å². The van der Waals surface area contributed by atoms with Gasteiger partial charge in [0, 0.05) is 40.7 Å². The first-order valence-corrected chi connectivity index (χ1v) is 11.5. The molecule has 3 rings (SSSR count). The fourth-order valence-electron chi connectivity index (χ4n) is 2.88. The highest BCUT2D eigenvalue weighted by molar-refractivity contribution is 7.67. The number of hydrogen-bond acceptors (Lipinski definition) is 4. The lowest BCUT2D eigenvalue weighted by molar-refractivity contribution is 0.210. The van der Waals surface area contributed by atoms with E-state index in [1.807, 2.05) is 61.5 Å². The summed E-state index contributed by atoms with van der Waals surface area (Å²) in [5.41, 5.74) is 2.11. The van der Waals surface area contributed by atoms with Crippen LogP contribution in [0.3, 0.4) is 0 Å². The van der Waals surface area contributed by atoms with Crippen LogP contribution in [0.15, 0.2) is 72.8 Å². The Balaban J connectivity index is 2.01. The summed E-state index contributed by atoms with van der Waals surface area (Å²) >= 11 is 12.2. The summed E-state index contributed by atoms with van der Waals surface area (Å²) in [5.74, 6) is -1.43. The molecule has 0 fully saturated rings. The highest BCUT2D eigenvalue weighted by atomic mass is 35.5. The van der Waals surface area contributed by atoms with Crippen LogP contribution in [0.4, 0.5) is 5.69 Å². The SMILES string of the molecule is CN(C)c1ccc(P(=O)(OCc2ccccc2)C(O)c2ccc(Cl)cc2Cl)cc1. The number of nitrogens with zero attached hydrogens (tertiary/aromatic N) is 1. The molecule has 0 aliphatic heterocycles. The normalized spacial score (nSPS) is 14.2. The van der Waals surface area contributed by atoms with E-state index in [2.05, 4.69) is 0 Å². The van der Waals surface area contributed by atoms with E-state index in [9.17, 15) is 9.67 Å². The molecule has 0 spiro atoms. The maximum atomic E-state index is 14.0. The first kappa shape index (κ1) is 21.9. The van der Waals surface area contributed by atoms with Crippen molar-refractivity contribution in [2.45, 2.75) is 12.5 Å². The van der Waals surface area contributed by atoms with Gasteiger partial charge in [0.25, 0.3) is 7.37 Å². The zero-order valence-electron chi connectivity index (χ0n) is 16.1. The Morgan fingerprint density at radius 3 is 2.24 bits per heavy atom. The van der Waals surface area contributed by atoms with Crippen LogP contribution in [-0.2, 0) is 15.7 Å². The van der Waals surface area contributed by atoms with Gasteiger partial charge in [0.05, 0.1) is 6.61 Å². The number of aliphatic hydroxyl groups excluding tert-OH is 1. The van der Waals surface area contributed by atoms with Gasteiger partial charge in [-0.05, 0) is 42.0 Å². The highest BCUT2D eigenvalue weighted by Gasteiger charge is 2.37. The maximum absolute atomic E-state index is 14.0. The predicted octanol–water partition coefficient (Wildman–Crippen LogP) is 5.87. The van der Waals surface area contributed by atoms with Gasteiger partial charge in [0.15, 0.2) is 5.85 Å². The third-order valence-corrected chi connectivity index (χ3v) is 7.57. The van der Waals surface area contributed by atoms with E-state index in [1.165, 1.54) is 6.07 Å². The molecule has 0 amide bonds. The van der Waals surface area contributed by atoms with Gasteiger partial charge >= 0.3 is 0 Å². The molecule has 0 saturated heterocycles. The molecule has 4 nitrogen and oxygen atoms in total. The average Bonchev–Trinajstić information content (AvgIpc) is 2.72. The molecule has 3 aromatic rings. The first-order chi connectivity index (χ1) is 13.8. The summed E-state index contributed by atoms with van der Waals surface area (Å²) in [6, 6.07) is 21.2. The standard InChI is InChI=1S/C22H22Cl2NO3P/c1-25(2)18-9-11-19(12-10-18)29(27,28-15-16-6-4-3-5-7-16)22(26)20-13-8-17(23)14-21(20)24/h3-14,22,26H,15H2,1-2H3. The molecule has 0 aliphatic rings. The molecule has 1 N–H and O–H groups in total. The van der Waals surface area contributed by atoms with Crippen LogP contribution in [0.5, 0.6) is 0 Å². The molecule has 0 bridgehead atoms. The van der Waals surface area contributed by atoms with E-state index in [0.717, 1.165) is 11.3 Å². The number of benzene rings is 3. The Kier molecular flexibility index (Phi) is 7.05. The van der Waals surface area contributed by atoms with Gasteiger partial charge in [0.2, 0.25) is 0 Å². The van der Waals surface area contributed by atoms with Crippen molar-refractivity contribution in [1.29, 1.82) is 0 Å². The first-order valence-electron chi connectivity index (χ1n) is 9.00. The molecule has 152 valence electrons. The number of hydrogen-bond donors (Lipinski definition) is 1. The van der Waals surface area contributed by atoms with Crippen molar-refractivity contribution in [3.8, 4) is 0 Å². The maximum Gasteiger partial charge on any atom is 0.264 e. The van der Waals surface area contributed by atoms with Crippen LogP contribution in [0.1, 0.15) is 17.0 Å². The molecule has 0 radical (unpaired) electrons. The minimum absolute atomic E-state index is 0.0931. The molecular formula is C22H22Cl2NO3P. The van der Waals surface area contributed by atoms with Crippen molar-refractivity contribution in [1.82, 2.24) is 0 Å². The minimum atomic E-state index is -3.73. The van der Waals surface area contributed by atoms with Crippen LogP contribution < -0.4 is 10.2 Å². The van der Waals surface area contributed by atoms with E-state index in [0.29, 0.717) is 15.9 Å². The van der Waals surface area contributed by atoms with Crippen molar-refractivity contribution < 1.29 is 14.2 Å². The second-order valence-electron chi connectivity index (χ2n) is 6.81. The molecule has 0 aromatic heterocycles. The van der Waals surface area contributed by atoms with E-state index >= 15 is 0 Å². The van der Waals surface area contributed by atoms with E-state index in [4.69, 9.17) is 27.7 Å². The largest absolute Gasteiger partial charge is 0.378 e. The van der Waals surface area contributed by atoms with Gasteiger partial charge in [0.1, 0.15) is 0 Å². The second-order valence-corrected chi connectivity index (χ2v) is 10.1. The third-order valence-electron chi connectivity index (χ3n) is 4.55. The summed E-state index contributed by atoms with van der Waals surface area (Å²) < 4.78 is 19.9. The molecular weight excluding hydrogens is 428 g/mol. The summed E-state index contributed by atoms with van der Waals surface area (Å²) in [6.07, 6.45) is 0. The fraction of sp³-hybridized carbons (Fsp3) is 0.182. The Morgan fingerprint density at radius 1 is 1.00 bits per heavy atom. The van der Waals surface area contributed by atoms with Crippen molar-refractivity contribution in [3.63, 3.8) is 0 Å². The number of halogens is 2. The number of anilines is 1. The summed E-state index contributed by atoms with van der Waals surface area (Å²) in [4.78, 5) is 1.94. The molecule has 7 heteroatoms. The van der Waals surface area contributed by atoms with Crippen LogP contribution in [-0.4, -0.2) is 19.2 Å². The van der Waals surface area contributed by atoms with Gasteiger partial charge in [-0.3, -0.25) is 4.57 Å². The molecule has 0 heterocycles. The zero-order valence-corrected chi connectivity index (χ0v) is 18.5. The Morgan fingerprint density at radius 2 is 1.66 bits per heavy atom. The summed E-state index contributed by atoms with van der Waals surface area (Å²) in [6.45, 7) is 0.0931. The molecule has 0 saturated carbocycles. The quantitative estimate of drug-likeness (QED) is 0.458. The van der Waals surface area contributed by atoms with Crippen molar-refractivity contribution >= 4 is 41.6 Å². The third kappa shape index (κ3) is 5.03. The Bertz CT molecular complexity index is 1010. The van der Waals surface area contributed by atoms with Crippen LogP contribution >= 0.6 is 30.6 Å². The lowest BCUT2D eigenvalue weighted by Crippen LogP contribution is -2.16. The molecule has 2 atom stereocenters. The number of rotatable bonds is 7. The van der Waals surface area contributed by atoms with Crippen LogP contribution in [0, 0.1) is 0 Å². The summed E-state index contributed by atoms with van der Waals surface area (Å²) in [5, 5.41) is 12.2. The van der Waals surface area contributed by atoms with Crippen LogP contribution in [0.25, 0.3) is 0 Å². The fourth-order valence-corrected chi connectivity index (χ4v) is 5.54. The van der Waals surface area contributed by atoms with E-state index < -0.39 is 13.2 Å². The molecule has 0 aliphatic carbocycles. The predicted molar refractivity (Wildman–Crippen MR) is 121 cm³/mol. The van der Waals surface area contributed by atoms with Crippen molar-refractivity contribution in [2.75, 3.05) is 19.0 Å². The minimum Gasteiger partial charge on any atom is -0.378 e. The van der Waals surface area contributed by atoms with Gasteiger partial charge in [-0.25, -0.2) is 0 Å². The average molecular weight is 450 g/mol. The second kappa shape index (κ2) is 9.34. The topological polar surface area (TPSA) is 49.8 Å². The molecule has 3 aromatic carbocycles. The van der Waals surface area contributed by atoms with Gasteiger partial charge < -0.3 is 14.5 Å². The van der Waals surface area contributed by atoms with Gasteiger partial charge in [-0.15, -0.1) is 0 Å². The van der Waals surface area contributed by atoms with Crippen LogP contribution in [0.2, 0.25) is 10.0 Å². The Labute approximate surface area is 181 Å². The molecule has 29 heavy (non-hydrogen) atoms. The lowest BCUT2D eigenvalue weighted by Gasteiger charge is -2.26. The zero-order chi connectivity index (χ0) is 21.0. The van der Waals surface area contributed by atoms with E-state index in [-0.39, 0.29) is 11.6 Å². The van der Waals surface area contributed by atoms with Gasteiger partial charge in [-0.1, -0.05) is 59.6 Å². The smallest absolute Gasteiger partial charge is 0.264 e.